The average Bonchev–Trinajstić information content (AvgIpc) is 3.16. The minimum atomic E-state index is -0.273. The number of nitrogens with one attached hydrogen (secondary N) is 1. The van der Waals surface area contributed by atoms with Crippen LogP contribution in [0.3, 0.4) is 0 Å². The molecule has 0 bridgehead atoms. The van der Waals surface area contributed by atoms with Gasteiger partial charge in [-0.2, -0.15) is 0 Å². The van der Waals surface area contributed by atoms with Crippen LogP contribution in [0.1, 0.15) is 39.0 Å². The summed E-state index contributed by atoms with van der Waals surface area (Å²) in [6, 6.07) is 5.74. The number of thiophene rings is 1. The number of hydrogen-bond donors (Lipinski definition) is 1. The van der Waals surface area contributed by atoms with Gasteiger partial charge in [0.1, 0.15) is 17.2 Å². The summed E-state index contributed by atoms with van der Waals surface area (Å²) in [5, 5.41) is 4.29. The van der Waals surface area contributed by atoms with Gasteiger partial charge in [-0.05, 0) is 44.4 Å². The average molecular weight is 447 g/mol. The first-order valence-electron chi connectivity index (χ1n) is 10.6. The highest BCUT2D eigenvalue weighted by Gasteiger charge is 2.20. The Labute approximate surface area is 184 Å². The topological polar surface area (TPSA) is 58.1 Å². The molecule has 160 valence electrons. The summed E-state index contributed by atoms with van der Waals surface area (Å²) < 4.78 is 15.9. The maximum atomic E-state index is 14.2. The number of halogens is 1. The van der Waals surface area contributed by atoms with Gasteiger partial charge in [-0.15, -0.1) is 11.3 Å². The fraction of sp³-hybridized carbons (Fsp3) is 0.500. The largest absolute Gasteiger partial charge is 0.355 e. The summed E-state index contributed by atoms with van der Waals surface area (Å²) in [7, 11) is 0. The quantitative estimate of drug-likeness (QED) is 0.305. The molecule has 30 heavy (non-hydrogen) atoms. The predicted octanol–water partition coefficient (Wildman–Crippen LogP) is 4.85. The van der Waals surface area contributed by atoms with Crippen LogP contribution >= 0.6 is 23.1 Å². The first-order chi connectivity index (χ1) is 14.7. The summed E-state index contributed by atoms with van der Waals surface area (Å²) in [6.45, 7) is 5.18. The second-order valence-corrected chi connectivity index (χ2v) is 9.67. The van der Waals surface area contributed by atoms with E-state index in [1.807, 2.05) is 6.07 Å². The molecule has 3 aromatic rings. The van der Waals surface area contributed by atoms with Crippen LogP contribution in [-0.4, -0.2) is 52.2 Å². The van der Waals surface area contributed by atoms with Crippen molar-refractivity contribution in [2.75, 3.05) is 25.4 Å². The van der Waals surface area contributed by atoms with Crippen molar-refractivity contribution >= 4 is 49.3 Å². The normalized spacial score (nSPS) is 17.6. The van der Waals surface area contributed by atoms with Gasteiger partial charge in [-0.3, -0.25) is 4.79 Å². The number of hydrogen-bond acceptors (Lipinski definition) is 6. The van der Waals surface area contributed by atoms with E-state index >= 15 is 0 Å². The SMILES string of the molecule is CC[C@@H]1CCCCN1CCCNC(=O)CSc1ncnc2c1sc1cccc(F)c12. The van der Waals surface area contributed by atoms with Crippen molar-refractivity contribution < 1.29 is 9.18 Å². The standard InChI is InChI=1S/C22H27FN4OS2/c1-2-15-7-3-4-11-27(15)12-6-10-24-18(28)13-29-22-21-20(25-14-26-22)19-16(23)8-5-9-17(19)30-21/h5,8-9,14-15H,2-4,6-7,10-13H2,1H3,(H,24,28)/t15-/m1/s1. The summed E-state index contributed by atoms with van der Waals surface area (Å²) >= 11 is 2.85. The third kappa shape index (κ3) is 4.76. The number of rotatable bonds is 8. The van der Waals surface area contributed by atoms with Gasteiger partial charge in [-0.1, -0.05) is 31.2 Å². The third-order valence-corrected chi connectivity index (χ3v) is 7.97. The Morgan fingerprint density at radius 2 is 2.27 bits per heavy atom. The molecule has 1 aromatic carbocycles. The molecule has 1 fully saturated rings. The van der Waals surface area contributed by atoms with E-state index in [1.165, 1.54) is 67.7 Å². The lowest BCUT2D eigenvalue weighted by molar-refractivity contribution is -0.118. The van der Waals surface area contributed by atoms with Crippen LogP contribution in [-0.2, 0) is 4.79 Å². The summed E-state index contributed by atoms with van der Waals surface area (Å²) in [6.07, 6.45) is 7.55. The van der Waals surface area contributed by atoms with Gasteiger partial charge in [-0.25, -0.2) is 14.4 Å². The first kappa shape index (κ1) is 21.5. The molecule has 1 atom stereocenters. The van der Waals surface area contributed by atoms with Crippen LogP contribution in [0.15, 0.2) is 29.6 Å². The number of amides is 1. The minimum absolute atomic E-state index is 0.00439. The molecular weight excluding hydrogens is 419 g/mol. The number of piperidine rings is 1. The van der Waals surface area contributed by atoms with E-state index in [1.54, 1.807) is 6.07 Å². The lowest BCUT2D eigenvalue weighted by atomic mass is 10.00. The molecule has 8 heteroatoms. The zero-order valence-electron chi connectivity index (χ0n) is 17.2. The zero-order chi connectivity index (χ0) is 20.9. The van der Waals surface area contributed by atoms with Crippen molar-refractivity contribution in [2.45, 2.75) is 50.1 Å². The highest BCUT2D eigenvalue weighted by molar-refractivity contribution is 8.00. The van der Waals surface area contributed by atoms with Gasteiger partial charge < -0.3 is 10.2 Å². The second kappa shape index (κ2) is 10.0. The first-order valence-corrected chi connectivity index (χ1v) is 12.4. The number of fused-ring (bicyclic) bond motifs is 3. The van der Waals surface area contributed by atoms with Gasteiger partial charge in [0.05, 0.1) is 21.4 Å². The Hall–Kier alpha value is -1.77. The predicted molar refractivity (Wildman–Crippen MR) is 123 cm³/mol. The molecule has 1 N–H and O–H groups in total. The second-order valence-electron chi connectivity index (χ2n) is 7.66. The fourth-order valence-electron chi connectivity index (χ4n) is 4.17. The summed E-state index contributed by atoms with van der Waals surface area (Å²) in [5.41, 5.74) is 0.623. The Morgan fingerprint density at radius 3 is 3.13 bits per heavy atom. The number of carbonyl (C=O) groups is 1. The smallest absolute Gasteiger partial charge is 0.230 e. The van der Waals surface area contributed by atoms with Crippen LogP contribution in [0.25, 0.3) is 20.3 Å². The molecule has 1 amide bonds. The molecule has 0 unspecified atom stereocenters. The van der Waals surface area contributed by atoms with Crippen LogP contribution < -0.4 is 5.32 Å². The maximum Gasteiger partial charge on any atom is 0.230 e. The highest BCUT2D eigenvalue weighted by atomic mass is 32.2. The number of likely N-dealkylation sites (tertiary alicyclic amines) is 1. The van der Waals surface area contributed by atoms with Gasteiger partial charge in [0.2, 0.25) is 5.91 Å². The molecule has 0 aliphatic carbocycles. The molecule has 1 saturated heterocycles. The number of carbonyl (C=O) groups excluding carboxylic acids is 1. The highest BCUT2D eigenvalue weighted by Crippen LogP contribution is 2.38. The number of aromatic nitrogens is 2. The van der Waals surface area contributed by atoms with E-state index in [9.17, 15) is 9.18 Å². The lowest BCUT2D eigenvalue weighted by Crippen LogP contribution is -2.40. The molecule has 0 saturated carbocycles. The van der Waals surface area contributed by atoms with E-state index in [4.69, 9.17) is 0 Å². The molecule has 1 aliphatic rings. The van der Waals surface area contributed by atoms with E-state index in [0.29, 0.717) is 29.2 Å². The molecule has 4 rings (SSSR count). The number of thioether (sulfide) groups is 1. The van der Waals surface area contributed by atoms with Crippen molar-refractivity contribution in [2.24, 2.45) is 0 Å². The Kier molecular flexibility index (Phi) is 7.17. The van der Waals surface area contributed by atoms with Crippen molar-refractivity contribution in [1.29, 1.82) is 0 Å². The Morgan fingerprint density at radius 1 is 1.37 bits per heavy atom. The molecule has 0 spiro atoms. The summed E-state index contributed by atoms with van der Waals surface area (Å²) in [4.78, 5) is 23.5. The summed E-state index contributed by atoms with van der Waals surface area (Å²) in [5.74, 6) is 0.0272. The van der Waals surface area contributed by atoms with Gasteiger partial charge in [0, 0.05) is 23.8 Å². The van der Waals surface area contributed by atoms with Gasteiger partial charge in [0.25, 0.3) is 0 Å². The monoisotopic (exact) mass is 446 g/mol. The molecule has 2 aromatic heterocycles. The van der Waals surface area contributed by atoms with Crippen molar-refractivity contribution in [3.05, 3.63) is 30.3 Å². The molecule has 0 radical (unpaired) electrons. The lowest BCUT2D eigenvalue weighted by Gasteiger charge is -2.35. The zero-order valence-corrected chi connectivity index (χ0v) is 18.8. The Bertz CT molecular complexity index is 1020. The number of nitrogens with zero attached hydrogens (tertiary/aromatic N) is 3. The van der Waals surface area contributed by atoms with Crippen molar-refractivity contribution in [3.63, 3.8) is 0 Å². The molecule has 3 heterocycles. The maximum absolute atomic E-state index is 14.2. The third-order valence-electron chi connectivity index (χ3n) is 5.70. The van der Waals surface area contributed by atoms with E-state index in [-0.39, 0.29) is 11.7 Å². The fourth-order valence-corrected chi connectivity index (χ4v) is 6.25. The Balaban J connectivity index is 1.29. The van der Waals surface area contributed by atoms with E-state index < -0.39 is 0 Å². The van der Waals surface area contributed by atoms with Crippen LogP contribution in [0, 0.1) is 5.82 Å². The molecular formula is C22H27FN4OS2. The molecule has 5 nitrogen and oxygen atoms in total. The molecule has 1 aliphatic heterocycles. The van der Waals surface area contributed by atoms with E-state index in [2.05, 4.69) is 27.1 Å². The van der Waals surface area contributed by atoms with Gasteiger partial charge >= 0.3 is 0 Å². The van der Waals surface area contributed by atoms with Crippen LogP contribution in [0.5, 0.6) is 0 Å². The van der Waals surface area contributed by atoms with Crippen LogP contribution in [0.2, 0.25) is 0 Å². The van der Waals surface area contributed by atoms with Crippen LogP contribution in [0.4, 0.5) is 4.39 Å². The minimum Gasteiger partial charge on any atom is -0.355 e. The van der Waals surface area contributed by atoms with Crippen molar-refractivity contribution in [3.8, 4) is 0 Å². The van der Waals surface area contributed by atoms with Gasteiger partial charge in [0.15, 0.2) is 0 Å². The van der Waals surface area contributed by atoms with Crippen molar-refractivity contribution in [1.82, 2.24) is 20.2 Å². The van der Waals surface area contributed by atoms with E-state index in [0.717, 1.165) is 27.4 Å². The number of benzene rings is 1.